The number of rotatable bonds is 5. The van der Waals surface area contributed by atoms with E-state index in [1.165, 1.54) is 0 Å². The Labute approximate surface area is 169 Å². The first-order valence-corrected chi connectivity index (χ1v) is 9.76. The quantitative estimate of drug-likeness (QED) is 0.698. The second-order valence-electron chi connectivity index (χ2n) is 7.27. The lowest BCUT2D eigenvalue weighted by Gasteiger charge is -2.30. The normalized spacial score (nSPS) is 18.8. The van der Waals surface area contributed by atoms with E-state index in [9.17, 15) is 4.79 Å². The monoisotopic (exact) mass is 389 g/mol. The highest BCUT2D eigenvalue weighted by Gasteiger charge is 2.23. The Bertz CT molecular complexity index is 1040. The van der Waals surface area contributed by atoms with Crippen LogP contribution < -0.4 is 15.4 Å². The Balaban J connectivity index is 1.33. The van der Waals surface area contributed by atoms with Crippen molar-refractivity contribution in [3.05, 3.63) is 59.9 Å². The number of amides is 1. The summed E-state index contributed by atoms with van der Waals surface area (Å²) in [7, 11) is 1.61. The number of benzene rings is 1. The van der Waals surface area contributed by atoms with Crippen LogP contribution in [0.15, 0.2) is 48.7 Å². The minimum Gasteiger partial charge on any atom is -0.497 e. The van der Waals surface area contributed by atoms with Crippen molar-refractivity contribution < 1.29 is 9.53 Å². The molecule has 0 radical (unpaired) electrons. The summed E-state index contributed by atoms with van der Waals surface area (Å²) in [6.45, 7) is 0. The molecule has 7 heteroatoms. The van der Waals surface area contributed by atoms with Crippen molar-refractivity contribution in [3.63, 3.8) is 0 Å². The third-order valence-corrected chi connectivity index (χ3v) is 5.37. The minimum absolute atomic E-state index is 0.0451. The van der Waals surface area contributed by atoms with Gasteiger partial charge in [-0.25, -0.2) is 4.98 Å². The smallest absolute Gasteiger partial charge is 0.251 e. The Hall–Kier alpha value is -3.53. The number of nitrogens with one attached hydrogen (secondary N) is 2. The largest absolute Gasteiger partial charge is 0.497 e. The number of aromatic nitrogens is 2. The van der Waals surface area contributed by atoms with Crippen LogP contribution in [0.5, 0.6) is 5.75 Å². The molecule has 0 saturated heterocycles. The van der Waals surface area contributed by atoms with Crippen LogP contribution in [0.25, 0.3) is 5.65 Å². The molecule has 1 aliphatic carbocycles. The van der Waals surface area contributed by atoms with E-state index in [0.717, 1.165) is 42.9 Å². The molecule has 0 bridgehead atoms. The second kappa shape index (κ2) is 8.23. The van der Waals surface area contributed by atoms with E-state index in [-0.39, 0.29) is 11.9 Å². The number of carbonyl (C=O) groups excluding carboxylic acids is 1. The highest BCUT2D eigenvalue weighted by Crippen LogP contribution is 2.23. The van der Waals surface area contributed by atoms with Gasteiger partial charge in [0.1, 0.15) is 23.3 Å². The van der Waals surface area contributed by atoms with E-state index in [2.05, 4.69) is 21.7 Å². The number of fused-ring (bicyclic) bond motifs is 1. The fourth-order valence-electron chi connectivity index (χ4n) is 3.78. The average Bonchev–Trinajstić information content (AvgIpc) is 3.20. The summed E-state index contributed by atoms with van der Waals surface area (Å²) in [5, 5.41) is 15.8. The maximum atomic E-state index is 12.5. The number of nitriles is 1. The molecule has 2 aromatic heterocycles. The molecule has 1 saturated carbocycles. The van der Waals surface area contributed by atoms with Crippen LogP contribution in [-0.4, -0.2) is 34.5 Å². The molecule has 0 aliphatic heterocycles. The maximum Gasteiger partial charge on any atom is 0.251 e. The molecule has 1 aliphatic rings. The van der Waals surface area contributed by atoms with Gasteiger partial charge in [-0.3, -0.25) is 9.20 Å². The molecule has 1 fully saturated rings. The first kappa shape index (κ1) is 18.8. The van der Waals surface area contributed by atoms with Crippen LogP contribution in [0.2, 0.25) is 0 Å². The van der Waals surface area contributed by atoms with Gasteiger partial charge in [0.15, 0.2) is 5.69 Å². The van der Waals surface area contributed by atoms with E-state index in [4.69, 9.17) is 10.00 Å². The molecule has 7 nitrogen and oxygen atoms in total. The zero-order valence-corrected chi connectivity index (χ0v) is 16.3. The van der Waals surface area contributed by atoms with Crippen molar-refractivity contribution in [1.82, 2.24) is 14.7 Å². The van der Waals surface area contributed by atoms with Gasteiger partial charge < -0.3 is 15.4 Å². The molecule has 0 atom stereocenters. The third-order valence-electron chi connectivity index (χ3n) is 5.37. The lowest BCUT2D eigenvalue weighted by molar-refractivity contribution is 0.0926. The van der Waals surface area contributed by atoms with Gasteiger partial charge in [-0.2, -0.15) is 5.26 Å². The van der Waals surface area contributed by atoms with E-state index in [1.54, 1.807) is 37.6 Å². The van der Waals surface area contributed by atoms with Crippen LogP contribution in [-0.2, 0) is 0 Å². The molecule has 3 aromatic rings. The van der Waals surface area contributed by atoms with Gasteiger partial charge in [-0.05, 0) is 62.1 Å². The molecular formula is C22H23N5O2. The zero-order chi connectivity index (χ0) is 20.2. The Morgan fingerprint density at radius 2 is 1.86 bits per heavy atom. The number of hydrogen-bond donors (Lipinski definition) is 2. The summed E-state index contributed by atoms with van der Waals surface area (Å²) in [4.78, 5) is 16.7. The van der Waals surface area contributed by atoms with Crippen molar-refractivity contribution >= 4 is 17.4 Å². The number of methoxy groups -OCH3 is 1. The number of nitrogens with zero attached hydrogens (tertiary/aromatic N) is 3. The van der Waals surface area contributed by atoms with Crippen molar-refractivity contribution in [1.29, 1.82) is 5.26 Å². The lowest BCUT2D eigenvalue weighted by atomic mass is 9.91. The van der Waals surface area contributed by atoms with Crippen LogP contribution in [0.1, 0.15) is 41.7 Å². The number of imidazole rings is 1. The standard InChI is InChI=1S/C22H23N5O2/c1-29-19-11-5-15(6-12-19)22(28)26-17-9-7-16(8-10-17)24-20-3-2-4-21-25-18(13-23)14-27(20)21/h2-6,11-12,14,16-17,24H,7-10H2,1H3,(H,26,28)/t16-,17+. The van der Waals surface area contributed by atoms with Gasteiger partial charge in [-0.15, -0.1) is 0 Å². The number of ether oxygens (including phenoxy) is 1. The third kappa shape index (κ3) is 4.16. The first-order valence-electron chi connectivity index (χ1n) is 9.76. The molecule has 29 heavy (non-hydrogen) atoms. The van der Waals surface area contributed by atoms with Gasteiger partial charge >= 0.3 is 0 Å². The average molecular weight is 389 g/mol. The highest BCUT2D eigenvalue weighted by molar-refractivity contribution is 5.94. The van der Waals surface area contributed by atoms with Crippen LogP contribution in [0.4, 0.5) is 5.82 Å². The highest BCUT2D eigenvalue weighted by atomic mass is 16.5. The predicted molar refractivity (Wildman–Crippen MR) is 110 cm³/mol. The van der Waals surface area contributed by atoms with E-state index < -0.39 is 0 Å². The Morgan fingerprint density at radius 1 is 1.14 bits per heavy atom. The first-order chi connectivity index (χ1) is 14.2. The molecule has 2 heterocycles. The summed E-state index contributed by atoms with van der Waals surface area (Å²) < 4.78 is 7.05. The number of pyridine rings is 1. The molecule has 148 valence electrons. The maximum absolute atomic E-state index is 12.5. The molecule has 0 unspecified atom stereocenters. The predicted octanol–water partition coefficient (Wildman–Crippen LogP) is 3.37. The SMILES string of the molecule is COc1ccc(C(=O)N[C@H]2CC[C@@H](Nc3cccc4nc(C#N)cn34)CC2)cc1. The summed E-state index contributed by atoms with van der Waals surface area (Å²) >= 11 is 0. The van der Waals surface area contributed by atoms with Gasteiger partial charge in [-0.1, -0.05) is 6.07 Å². The molecule has 1 amide bonds. The fourth-order valence-corrected chi connectivity index (χ4v) is 3.78. The number of carbonyl (C=O) groups is 1. The van der Waals surface area contributed by atoms with Gasteiger partial charge in [0.25, 0.3) is 5.91 Å². The Kier molecular flexibility index (Phi) is 5.34. The van der Waals surface area contributed by atoms with E-state index in [0.29, 0.717) is 17.3 Å². The van der Waals surface area contributed by atoms with Crippen LogP contribution in [0, 0.1) is 11.3 Å². The van der Waals surface area contributed by atoms with Crippen LogP contribution >= 0.6 is 0 Å². The Morgan fingerprint density at radius 3 is 2.55 bits per heavy atom. The van der Waals surface area contributed by atoms with E-state index >= 15 is 0 Å². The van der Waals surface area contributed by atoms with Crippen molar-refractivity contribution in [2.45, 2.75) is 37.8 Å². The molecule has 4 rings (SSSR count). The van der Waals surface area contributed by atoms with Gasteiger partial charge in [0, 0.05) is 23.8 Å². The van der Waals surface area contributed by atoms with Crippen molar-refractivity contribution in [3.8, 4) is 11.8 Å². The number of hydrogen-bond acceptors (Lipinski definition) is 5. The summed E-state index contributed by atoms with van der Waals surface area (Å²) in [6.07, 6.45) is 5.51. The lowest BCUT2D eigenvalue weighted by Crippen LogP contribution is -2.40. The van der Waals surface area contributed by atoms with Crippen molar-refractivity contribution in [2.24, 2.45) is 0 Å². The zero-order valence-electron chi connectivity index (χ0n) is 16.3. The summed E-state index contributed by atoms with van der Waals surface area (Å²) in [6, 6.07) is 15.6. The van der Waals surface area contributed by atoms with E-state index in [1.807, 2.05) is 22.6 Å². The number of anilines is 1. The molecule has 1 aromatic carbocycles. The minimum atomic E-state index is -0.0451. The van der Waals surface area contributed by atoms with Gasteiger partial charge in [0.2, 0.25) is 0 Å². The molecular weight excluding hydrogens is 366 g/mol. The molecule has 0 spiro atoms. The fraction of sp³-hybridized carbons (Fsp3) is 0.318. The summed E-state index contributed by atoms with van der Waals surface area (Å²) in [5.41, 5.74) is 1.81. The summed E-state index contributed by atoms with van der Waals surface area (Å²) in [5.74, 6) is 1.63. The van der Waals surface area contributed by atoms with Crippen LogP contribution in [0.3, 0.4) is 0 Å². The second-order valence-corrected chi connectivity index (χ2v) is 7.27. The van der Waals surface area contributed by atoms with Crippen molar-refractivity contribution in [2.75, 3.05) is 12.4 Å². The van der Waals surface area contributed by atoms with Gasteiger partial charge in [0.05, 0.1) is 7.11 Å². The topological polar surface area (TPSA) is 91.4 Å². The molecule has 2 N–H and O–H groups in total.